The number of aromatic amines is 1. The van der Waals surface area contributed by atoms with E-state index in [4.69, 9.17) is 0 Å². The number of hydrogen-bond acceptors (Lipinski definition) is 1. The fourth-order valence-corrected chi connectivity index (χ4v) is 2.36. The number of amides is 1. The van der Waals surface area contributed by atoms with Crippen LogP contribution in [0.4, 0.5) is 8.78 Å². The Labute approximate surface area is 126 Å². The van der Waals surface area contributed by atoms with Gasteiger partial charge in [0, 0.05) is 10.9 Å². The molecule has 0 aliphatic rings. The Morgan fingerprint density at radius 2 is 1.86 bits per heavy atom. The summed E-state index contributed by atoms with van der Waals surface area (Å²) in [6.07, 6.45) is 0. The van der Waals surface area contributed by atoms with Crippen LogP contribution in [0.5, 0.6) is 0 Å². The maximum Gasteiger partial charge on any atom is 0.268 e. The van der Waals surface area contributed by atoms with Crippen LogP contribution in [0.25, 0.3) is 10.9 Å². The van der Waals surface area contributed by atoms with Gasteiger partial charge in [0.1, 0.15) is 17.3 Å². The zero-order valence-corrected chi connectivity index (χ0v) is 11.9. The number of fused-ring (bicyclic) bond motifs is 1. The van der Waals surface area contributed by atoms with Crippen LogP contribution in [-0.4, -0.2) is 10.9 Å². The van der Waals surface area contributed by atoms with Crippen LogP contribution in [-0.2, 0) is 0 Å². The topological polar surface area (TPSA) is 44.9 Å². The third kappa shape index (κ3) is 2.83. The predicted molar refractivity (Wildman–Crippen MR) is 80.5 cm³/mol. The number of nitrogens with one attached hydrogen (secondary N) is 2. The SMILES string of the molecule is CC(NC(=O)c1cc2cc(F)ccc2[nH]1)c1cccc(F)c1. The minimum absolute atomic E-state index is 0.326. The van der Waals surface area contributed by atoms with E-state index in [1.54, 1.807) is 31.2 Å². The molecular formula is C17H14F2N2O. The van der Waals surface area contributed by atoms with Crippen molar-refractivity contribution in [3.63, 3.8) is 0 Å². The number of carbonyl (C=O) groups is 1. The standard InChI is InChI=1S/C17H14F2N2O/c1-10(11-3-2-4-13(18)7-11)20-17(22)16-9-12-8-14(19)5-6-15(12)21-16/h2-10,21H,1H3,(H,20,22). The molecule has 1 amide bonds. The largest absolute Gasteiger partial charge is 0.351 e. The van der Waals surface area contributed by atoms with Crippen LogP contribution in [0.15, 0.2) is 48.5 Å². The molecule has 1 atom stereocenters. The van der Waals surface area contributed by atoms with E-state index in [-0.39, 0.29) is 23.6 Å². The average Bonchev–Trinajstić information content (AvgIpc) is 2.90. The first-order chi connectivity index (χ1) is 10.5. The van der Waals surface area contributed by atoms with E-state index in [0.29, 0.717) is 22.2 Å². The van der Waals surface area contributed by atoms with E-state index in [9.17, 15) is 13.6 Å². The number of H-pyrrole nitrogens is 1. The highest BCUT2D eigenvalue weighted by Gasteiger charge is 2.14. The lowest BCUT2D eigenvalue weighted by molar-refractivity contribution is 0.0935. The normalized spacial score (nSPS) is 12.3. The van der Waals surface area contributed by atoms with Crippen LogP contribution >= 0.6 is 0 Å². The minimum atomic E-state index is -0.355. The monoisotopic (exact) mass is 300 g/mol. The molecule has 0 spiro atoms. The summed E-state index contributed by atoms with van der Waals surface area (Å²) in [5.41, 5.74) is 1.70. The lowest BCUT2D eigenvalue weighted by Gasteiger charge is -2.13. The van der Waals surface area contributed by atoms with Gasteiger partial charge in [0.2, 0.25) is 0 Å². The van der Waals surface area contributed by atoms with Crippen LogP contribution in [0.2, 0.25) is 0 Å². The lowest BCUT2D eigenvalue weighted by Crippen LogP contribution is -2.26. The van der Waals surface area contributed by atoms with Gasteiger partial charge < -0.3 is 10.3 Å². The molecule has 0 saturated heterocycles. The Balaban J connectivity index is 1.80. The van der Waals surface area contributed by atoms with Gasteiger partial charge in [-0.15, -0.1) is 0 Å². The minimum Gasteiger partial charge on any atom is -0.351 e. The van der Waals surface area contributed by atoms with E-state index >= 15 is 0 Å². The van der Waals surface area contributed by atoms with E-state index in [0.717, 1.165) is 0 Å². The van der Waals surface area contributed by atoms with Gasteiger partial charge in [0.25, 0.3) is 5.91 Å². The van der Waals surface area contributed by atoms with Crippen LogP contribution in [0.3, 0.4) is 0 Å². The van der Waals surface area contributed by atoms with Crippen LogP contribution in [0, 0.1) is 11.6 Å². The smallest absolute Gasteiger partial charge is 0.268 e. The quantitative estimate of drug-likeness (QED) is 0.756. The molecule has 0 bridgehead atoms. The molecule has 3 aromatic rings. The number of halogens is 2. The Bertz CT molecular complexity index is 842. The molecule has 3 rings (SSSR count). The van der Waals surface area contributed by atoms with Crippen molar-refractivity contribution in [3.8, 4) is 0 Å². The van der Waals surface area contributed by atoms with Crippen molar-refractivity contribution in [2.45, 2.75) is 13.0 Å². The molecule has 3 nitrogen and oxygen atoms in total. The van der Waals surface area contributed by atoms with Gasteiger partial charge in [-0.25, -0.2) is 8.78 Å². The number of rotatable bonds is 3. The molecule has 2 N–H and O–H groups in total. The van der Waals surface area contributed by atoms with Gasteiger partial charge in [0.15, 0.2) is 0 Å². The average molecular weight is 300 g/mol. The van der Waals surface area contributed by atoms with Crippen molar-refractivity contribution in [2.24, 2.45) is 0 Å². The third-order valence-corrected chi connectivity index (χ3v) is 3.52. The summed E-state index contributed by atoms with van der Waals surface area (Å²) in [6, 6.07) is 11.6. The molecule has 2 aromatic carbocycles. The van der Waals surface area contributed by atoms with Gasteiger partial charge in [0.05, 0.1) is 6.04 Å². The first-order valence-electron chi connectivity index (χ1n) is 6.87. The first kappa shape index (κ1) is 14.3. The Morgan fingerprint density at radius 1 is 1.09 bits per heavy atom. The Kier molecular flexibility index (Phi) is 3.63. The number of aromatic nitrogens is 1. The van der Waals surface area contributed by atoms with Gasteiger partial charge in [-0.05, 0) is 48.9 Å². The van der Waals surface area contributed by atoms with Crippen molar-refractivity contribution < 1.29 is 13.6 Å². The summed E-state index contributed by atoms with van der Waals surface area (Å²) < 4.78 is 26.4. The molecule has 0 radical (unpaired) electrons. The summed E-state index contributed by atoms with van der Waals surface area (Å²) in [5.74, 6) is -1.03. The highest BCUT2D eigenvalue weighted by molar-refractivity contribution is 5.98. The highest BCUT2D eigenvalue weighted by atomic mass is 19.1. The van der Waals surface area contributed by atoms with Crippen molar-refractivity contribution in [2.75, 3.05) is 0 Å². The van der Waals surface area contributed by atoms with Gasteiger partial charge in [-0.3, -0.25) is 4.79 Å². The molecule has 0 aliphatic heterocycles. The summed E-state index contributed by atoms with van der Waals surface area (Å²) in [7, 11) is 0. The molecule has 0 fully saturated rings. The zero-order chi connectivity index (χ0) is 15.7. The van der Waals surface area contributed by atoms with E-state index < -0.39 is 0 Å². The first-order valence-corrected chi connectivity index (χ1v) is 6.87. The second-order valence-electron chi connectivity index (χ2n) is 5.16. The summed E-state index contributed by atoms with van der Waals surface area (Å²) in [4.78, 5) is 15.2. The molecule has 1 unspecified atom stereocenters. The summed E-state index contributed by atoms with van der Waals surface area (Å²) >= 11 is 0. The van der Waals surface area contributed by atoms with E-state index in [2.05, 4.69) is 10.3 Å². The molecule has 1 heterocycles. The summed E-state index contributed by atoms with van der Waals surface area (Å²) in [5, 5.41) is 3.41. The second kappa shape index (κ2) is 5.60. The fraction of sp³-hybridized carbons (Fsp3) is 0.118. The molecule has 22 heavy (non-hydrogen) atoms. The molecule has 0 saturated carbocycles. The van der Waals surface area contributed by atoms with Gasteiger partial charge in [-0.1, -0.05) is 12.1 Å². The Morgan fingerprint density at radius 3 is 2.64 bits per heavy atom. The maximum absolute atomic E-state index is 13.2. The molecular weight excluding hydrogens is 286 g/mol. The van der Waals surface area contributed by atoms with E-state index in [1.165, 1.54) is 24.3 Å². The fourth-order valence-electron chi connectivity index (χ4n) is 2.36. The van der Waals surface area contributed by atoms with Crippen LogP contribution < -0.4 is 5.32 Å². The Hall–Kier alpha value is -2.69. The number of hydrogen-bond donors (Lipinski definition) is 2. The van der Waals surface area contributed by atoms with Crippen LogP contribution in [0.1, 0.15) is 29.0 Å². The molecule has 112 valence electrons. The van der Waals surface area contributed by atoms with E-state index in [1.807, 2.05) is 0 Å². The van der Waals surface area contributed by atoms with Crippen molar-refractivity contribution >= 4 is 16.8 Å². The number of benzene rings is 2. The zero-order valence-electron chi connectivity index (χ0n) is 11.9. The maximum atomic E-state index is 13.2. The molecule has 5 heteroatoms. The van der Waals surface area contributed by atoms with Crippen molar-refractivity contribution in [3.05, 3.63) is 71.4 Å². The molecule has 0 aliphatic carbocycles. The molecule has 1 aromatic heterocycles. The van der Waals surface area contributed by atoms with Crippen molar-refractivity contribution in [1.82, 2.24) is 10.3 Å². The van der Waals surface area contributed by atoms with Gasteiger partial charge >= 0.3 is 0 Å². The summed E-state index contributed by atoms with van der Waals surface area (Å²) in [6.45, 7) is 1.77. The number of carbonyl (C=O) groups excluding carboxylic acids is 1. The highest BCUT2D eigenvalue weighted by Crippen LogP contribution is 2.18. The van der Waals surface area contributed by atoms with Gasteiger partial charge in [-0.2, -0.15) is 0 Å². The second-order valence-corrected chi connectivity index (χ2v) is 5.16. The lowest BCUT2D eigenvalue weighted by atomic mass is 10.1. The van der Waals surface area contributed by atoms with Crippen molar-refractivity contribution in [1.29, 1.82) is 0 Å². The third-order valence-electron chi connectivity index (χ3n) is 3.52. The predicted octanol–water partition coefficient (Wildman–Crippen LogP) is 3.94.